The zero-order chi connectivity index (χ0) is 21.0. The van der Waals surface area contributed by atoms with Gasteiger partial charge in [-0.3, -0.25) is 14.6 Å². The second-order valence-electron chi connectivity index (χ2n) is 6.22. The summed E-state index contributed by atoms with van der Waals surface area (Å²) in [6.45, 7) is 0. The van der Waals surface area contributed by atoms with Crippen LogP contribution in [0, 0.1) is 11.6 Å². The lowest BCUT2D eigenvalue weighted by atomic mass is 10.0. The normalized spacial score (nSPS) is 12.0. The fourth-order valence-electron chi connectivity index (χ4n) is 2.98. The molecule has 0 aliphatic heterocycles. The molecule has 0 saturated heterocycles. The Morgan fingerprint density at radius 2 is 1.83 bits per heavy atom. The molecule has 4 rings (SSSR count). The van der Waals surface area contributed by atoms with Gasteiger partial charge in [0.05, 0.1) is 16.7 Å². The molecule has 2 amide bonds. The number of carbonyl (C=O) groups is 2. The lowest BCUT2D eigenvalue weighted by molar-refractivity contribution is 0.100. The van der Waals surface area contributed by atoms with Gasteiger partial charge in [0, 0.05) is 11.3 Å². The number of anilines is 1. The van der Waals surface area contributed by atoms with Crippen molar-refractivity contribution in [3.8, 4) is 0 Å². The number of nitrogens with zero attached hydrogens (tertiary/aromatic N) is 1. The van der Waals surface area contributed by atoms with Gasteiger partial charge in [-0.15, -0.1) is 11.3 Å². The largest absolute Gasteiger partial charge is 0.365 e. The summed E-state index contributed by atoms with van der Waals surface area (Å²) in [5, 5.41) is 2.60. The summed E-state index contributed by atoms with van der Waals surface area (Å²) < 4.78 is 26.8. The maximum absolute atomic E-state index is 13.7. The van der Waals surface area contributed by atoms with Gasteiger partial charge in [-0.25, -0.2) is 8.78 Å². The summed E-state index contributed by atoms with van der Waals surface area (Å²) in [5.41, 5.74) is 8.72. The molecule has 0 fully saturated rings. The van der Waals surface area contributed by atoms with Crippen LogP contribution in [0.25, 0.3) is 0 Å². The number of nitrogens with two attached hydrogens (primary N) is 1. The number of thiazole rings is 1. The van der Waals surface area contributed by atoms with E-state index in [2.05, 4.69) is 10.3 Å². The van der Waals surface area contributed by atoms with Crippen LogP contribution in [-0.2, 0) is 12.8 Å². The first kappa shape index (κ1) is 20.9. The van der Waals surface area contributed by atoms with Crippen molar-refractivity contribution in [2.45, 2.75) is 19.3 Å². The Bertz CT molecular complexity index is 1060. The van der Waals surface area contributed by atoms with Crippen LogP contribution in [0.3, 0.4) is 0 Å². The molecule has 1 aliphatic carbocycles. The number of carbonyl (C=O) groups excluding carboxylic acids is 2. The van der Waals surface area contributed by atoms with Gasteiger partial charge in [-0.2, -0.15) is 0 Å². The van der Waals surface area contributed by atoms with Crippen molar-refractivity contribution < 1.29 is 18.4 Å². The van der Waals surface area contributed by atoms with Gasteiger partial charge in [-0.05, 0) is 60.7 Å². The quantitative estimate of drug-likeness (QED) is 0.630. The molecule has 3 N–H and O–H groups in total. The molecule has 0 atom stereocenters. The predicted molar refractivity (Wildman–Crippen MR) is 108 cm³/mol. The number of halogens is 3. The van der Waals surface area contributed by atoms with Crippen LogP contribution < -0.4 is 11.1 Å². The minimum atomic E-state index is -0.544. The number of hydrogen-bond donors (Lipinski definition) is 2. The molecule has 3 aromatic rings. The number of benzene rings is 2. The Balaban J connectivity index is 0.000000252. The summed E-state index contributed by atoms with van der Waals surface area (Å²) in [4.78, 5) is 26.7. The van der Waals surface area contributed by atoms with Gasteiger partial charge < -0.3 is 11.1 Å². The monoisotopic (exact) mass is 435 g/mol. The lowest BCUT2D eigenvalue weighted by Crippen LogP contribution is -2.14. The first-order valence-corrected chi connectivity index (χ1v) is 9.87. The van der Waals surface area contributed by atoms with Crippen molar-refractivity contribution in [2.24, 2.45) is 5.73 Å². The van der Waals surface area contributed by atoms with Crippen LogP contribution in [0.1, 0.15) is 37.6 Å². The molecular formula is C20H16ClF2N3O2S. The standard InChI is InChI=1S/C16H12ClF2NO.C4H4N2OS/c17-13-8-9(4-6-15(13)19)20-16(21)12-5-7-14(18)11-3-1-2-10(11)12;5-4(7)3-1-6-2-8-3/h4-8H,1-3H2,(H,20,21);1-2H,(H2,5,7). The van der Waals surface area contributed by atoms with E-state index in [1.165, 1.54) is 47.9 Å². The van der Waals surface area contributed by atoms with Gasteiger partial charge in [0.2, 0.25) is 0 Å². The number of rotatable bonds is 3. The molecular weight excluding hydrogens is 420 g/mol. The van der Waals surface area contributed by atoms with E-state index in [4.69, 9.17) is 17.3 Å². The molecule has 29 heavy (non-hydrogen) atoms. The van der Waals surface area contributed by atoms with E-state index in [0.717, 1.165) is 12.0 Å². The highest BCUT2D eigenvalue weighted by molar-refractivity contribution is 7.11. The Kier molecular flexibility index (Phi) is 6.56. The van der Waals surface area contributed by atoms with E-state index in [1.54, 1.807) is 5.51 Å². The molecule has 0 radical (unpaired) electrons. The lowest BCUT2D eigenvalue weighted by Gasteiger charge is -2.10. The zero-order valence-corrected chi connectivity index (χ0v) is 16.6. The van der Waals surface area contributed by atoms with Crippen molar-refractivity contribution >= 4 is 40.4 Å². The molecule has 9 heteroatoms. The first-order valence-electron chi connectivity index (χ1n) is 8.61. The van der Waals surface area contributed by atoms with Gasteiger partial charge >= 0.3 is 0 Å². The highest BCUT2D eigenvalue weighted by Crippen LogP contribution is 2.28. The number of fused-ring (bicyclic) bond motifs is 1. The summed E-state index contributed by atoms with van der Waals surface area (Å²) in [5.74, 6) is -1.55. The van der Waals surface area contributed by atoms with Crippen molar-refractivity contribution in [3.05, 3.63) is 80.3 Å². The third-order valence-electron chi connectivity index (χ3n) is 4.32. The Hall–Kier alpha value is -2.84. The smallest absolute Gasteiger partial charge is 0.260 e. The molecule has 2 aromatic carbocycles. The minimum Gasteiger partial charge on any atom is -0.365 e. The van der Waals surface area contributed by atoms with E-state index in [-0.39, 0.29) is 16.7 Å². The second-order valence-corrected chi connectivity index (χ2v) is 7.51. The minimum absolute atomic E-state index is 0.0582. The van der Waals surface area contributed by atoms with Crippen LogP contribution >= 0.6 is 22.9 Å². The predicted octanol–water partition coefficient (Wildman–Crippen LogP) is 4.60. The summed E-state index contributed by atoms with van der Waals surface area (Å²) in [6.07, 6.45) is 3.65. The molecule has 0 bridgehead atoms. The summed E-state index contributed by atoms with van der Waals surface area (Å²) in [6, 6.07) is 6.77. The SMILES string of the molecule is NC(=O)c1cncs1.O=C(Nc1ccc(F)c(Cl)c1)c1ccc(F)c2c1CCC2. The highest BCUT2D eigenvalue weighted by atomic mass is 35.5. The number of nitrogens with one attached hydrogen (secondary N) is 1. The number of amides is 2. The Morgan fingerprint density at radius 3 is 2.45 bits per heavy atom. The average molecular weight is 436 g/mol. The van der Waals surface area contributed by atoms with E-state index in [9.17, 15) is 18.4 Å². The molecule has 1 aromatic heterocycles. The van der Waals surface area contributed by atoms with Crippen LogP contribution in [0.2, 0.25) is 5.02 Å². The van der Waals surface area contributed by atoms with E-state index in [0.29, 0.717) is 34.5 Å². The van der Waals surface area contributed by atoms with Gasteiger partial charge in [0.15, 0.2) is 0 Å². The Labute approximate surface area is 174 Å². The van der Waals surface area contributed by atoms with Crippen molar-refractivity contribution in [1.29, 1.82) is 0 Å². The average Bonchev–Trinajstić information content (AvgIpc) is 3.37. The molecule has 150 valence electrons. The van der Waals surface area contributed by atoms with Gasteiger partial charge in [-0.1, -0.05) is 11.6 Å². The Morgan fingerprint density at radius 1 is 1.10 bits per heavy atom. The fraction of sp³-hybridized carbons (Fsp3) is 0.150. The molecule has 5 nitrogen and oxygen atoms in total. The van der Waals surface area contributed by atoms with E-state index < -0.39 is 11.7 Å². The highest BCUT2D eigenvalue weighted by Gasteiger charge is 2.22. The number of aromatic nitrogens is 1. The van der Waals surface area contributed by atoms with Crippen LogP contribution in [0.5, 0.6) is 0 Å². The molecule has 1 heterocycles. The van der Waals surface area contributed by atoms with Gasteiger partial charge in [0.25, 0.3) is 11.8 Å². The van der Waals surface area contributed by atoms with E-state index in [1.807, 2.05) is 0 Å². The van der Waals surface area contributed by atoms with Crippen molar-refractivity contribution in [1.82, 2.24) is 4.98 Å². The van der Waals surface area contributed by atoms with Crippen LogP contribution in [0.15, 0.2) is 42.0 Å². The zero-order valence-electron chi connectivity index (χ0n) is 15.0. The first-order chi connectivity index (χ1) is 13.9. The topological polar surface area (TPSA) is 85.1 Å². The van der Waals surface area contributed by atoms with Gasteiger partial charge in [0.1, 0.15) is 16.5 Å². The van der Waals surface area contributed by atoms with E-state index >= 15 is 0 Å². The van der Waals surface area contributed by atoms with Crippen LogP contribution in [0.4, 0.5) is 14.5 Å². The summed E-state index contributed by atoms with van der Waals surface area (Å²) >= 11 is 6.93. The molecule has 0 spiro atoms. The van der Waals surface area contributed by atoms with Crippen LogP contribution in [-0.4, -0.2) is 16.8 Å². The third kappa shape index (κ3) is 4.96. The maximum Gasteiger partial charge on any atom is 0.260 e. The third-order valence-corrected chi connectivity index (χ3v) is 5.40. The fourth-order valence-corrected chi connectivity index (χ4v) is 3.64. The molecule has 0 saturated carbocycles. The van der Waals surface area contributed by atoms with Crippen molar-refractivity contribution in [2.75, 3.05) is 5.32 Å². The molecule has 0 unspecified atom stereocenters. The summed E-state index contributed by atoms with van der Waals surface area (Å²) in [7, 11) is 0. The maximum atomic E-state index is 13.7. The molecule has 1 aliphatic rings. The second kappa shape index (κ2) is 9.11. The number of hydrogen-bond acceptors (Lipinski definition) is 4. The van der Waals surface area contributed by atoms with Crippen molar-refractivity contribution in [3.63, 3.8) is 0 Å². The number of primary amides is 1.